The summed E-state index contributed by atoms with van der Waals surface area (Å²) in [5.74, 6) is -0.218. The van der Waals surface area contributed by atoms with E-state index in [1.807, 2.05) is 0 Å². The second-order valence-corrected chi connectivity index (χ2v) is 9.72. The van der Waals surface area contributed by atoms with Gasteiger partial charge in [0, 0.05) is 42.8 Å². The Balaban J connectivity index is 0.00000267. The molecule has 2 saturated heterocycles. The molecule has 9 heteroatoms. The maximum Gasteiger partial charge on any atom is 0.250 e. The van der Waals surface area contributed by atoms with Gasteiger partial charge in [0.1, 0.15) is 11.4 Å². The lowest BCUT2D eigenvalue weighted by Crippen LogP contribution is -2.57. The smallest absolute Gasteiger partial charge is 0.250 e. The Morgan fingerprint density at radius 3 is 2.50 bits per heavy atom. The molecule has 1 amide bonds. The van der Waals surface area contributed by atoms with E-state index in [4.69, 9.17) is 5.53 Å². The van der Waals surface area contributed by atoms with Crippen LogP contribution < -0.4 is 4.90 Å². The quantitative estimate of drug-likeness (QED) is 0.274. The average molecular weight is 505 g/mol. The van der Waals surface area contributed by atoms with E-state index < -0.39 is 5.54 Å². The number of azide groups is 1. The zero-order valence-corrected chi connectivity index (χ0v) is 21.0. The summed E-state index contributed by atoms with van der Waals surface area (Å²) in [6.45, 7) is 2.66. The molecule has 2 heterocycles. The first-order chi connectivity index (χ1) is 17.1. The topological polar surface area (TPSA) is 75.6 Å². The first-order valence-electron chi connectivity index (χ1n) is 12.2. The number of benzene rings is 3. The molecule has 1 atom stereocenters. The fraction of sp³-hybridized carbons (Fsp3) is 0.370. The molecule has 0 unspecified atom stereocenters. The highest BCUT2D eigenvalue weighted by Gasteiger charge is 2.54. The molecular weight excluding hydrogens is 475 g/mol. The molecule has 1 spiro atoms. The van der Waals surface area contributed by atoms with Crippen LogP contribution in [0.3, 0.4) is 0 Å². The molecule has 0 N–H and O–H groups in total. The first-order valence-corrected chi connectivity index (χ1v) is 12.2. The Bertz CT molecular complexity index is 1330. The van der Waals surface area contributed by atoms with Crippen molar-refractivity contribution < 1.29 is 9.18 Å². The van der Waals surface area contributed by atoms with Crippen LogP contribution in [0.15, 0.2) is 65.8 Å². The van der Waals surface area contributed by atoms with Crippen molar-refractivity contribution in [1.82, 2.24) is 9.80 Å². The first kappa shape index (κ1) is 24.4. The average Bonchev–Trinajstić information content (AvgIpc) is 3.38. The summed E-state index contributed by atoms with van der Waals surface area (Å²) in [5, 5.41) is 6.30. The number of amides is 1. The molecule has 1 aliphatic carbocycles. The molecule has 3 aliphatic rings. The SMILES string of the molecule is S.[N-]=[N+]=NCCN1CN(c2ccc(F)cc2)C2(CCN([C@H]3Cc4cccc5cccc3c45)CC2)C1=O. The standard InChI is InChI=1S/C27H27FN6O.H2S/c28-21-7-9-22(10-8-21)34-18-33(16-13-30-31-29)26(35)27(34)11-14-32(15-12-27)24-17-20-5-1-3-19-4-2-6-23(24)25(19)20;/h1-10,24H,11-18H2;1H2/t24-;/m0./s1. The van der Waals surface area contributed by atoms with Gasteiger partial charge in [-0.3, -0.25) is 9.69 Å². The van der Waals surface area contributed by atoms with Gasteiger partial charge in [-0.15, -0.1) is 0 Å². The number of anilines is 1. The van der Waals surface area contributed by atoms with E-state index in [1.54, 1.807) is 17.0 Å². The fourth-order valence-electron chi connectivity index (χ4n) is 6.34. The van der Waals surface area contributed by atoms with E-state index in [1.165, 1.54) is 34.0 Å². The van der Waals surface area contributed by atoms with Crippen molar-refractivity contribution in [3.05, 3.63) is 88.1 Å². The van der Waals surface area contributed by atoms with Crippen LogP contribution in [0.4, 0.5) is 10.1 Å². The van der Waals surface area contributed by atoms with Crippen molar-refractivity contribution >= 4 is 35.9 Å². The predicted octanol–water partition coefficient (Wildman–Crippen LogP) is 5.14. The summed E-state index contributed by atoms with van der Waals surface area (Å²) in [6.07, 6.45) is 2.39. The second kappa shape index (κ2) is 9.65. The summed E-state index contributed by atoms with van der Waals surface area (Å²) in [7, 11) is 0. The third kappa shape index (κ3) is 3.88. The van der Waals surface area contributed by atoms with E-state index in [0.717, 1.165) is 25.2 Å². The molecule has 36 heavy (non-hydrogen) atoms. The lowest BCUT2D eigenvalue weighted by molar-refractivity contribution is -0.133. The largest absolute Gasteiger partial charge is 0.339 e. The summed E-state index contributed by atoms with van der Waals surface area (Å²) in [6, 6.07) is 19.8. The zero-order valence-electron chi connectivity index (χ0n) is 20.0. The molecule has 6 rings (SSSR count). The number of halogens is 1. The van der Waals surface area contributed by atoms with Gasteiger partial charge in [-0.2, -0.15) is 13.5 Å². The van der Waals surface area contributed by atoms with E-state index >= 15 is 0 Å². The third-order valence-corrected chi connectivity index (χ3v) is 8.05. The molecule has 186 valence electrons. The van der Waals surface area contributed by atoms with Crippen LogP contribution in [-0.2, 0) is 11.2 Å². The van der Waals surface area contributed by atoms with Gasteiger partial charge in [-0.05, 0) is 71.0 Å². The van der Waals surface area contributed by atoms with Crippen LogP contribution in [0.2, 0.25) is 0 Å². The summed E-state index contributed by atoms with van der Waals surface area (Å²) in [5.41, 5.74) is 11.6. The van der Waals surface area contributed by atoms with E-state index in [-0.39, 0.29) is 31.8 Å². The summed E-state index contributed by atoms with van der Waals surface area (Å²) in [4.78, 5) is 23.0. The van der Waals surface area contributed by atoms with Crippen molar-refractivity contribution in [3.8, 4) is 0 Å². The minimum absolute atomic E-state index is 0. The lowest BCUT2D eigenvalue weighted by atomic mass is 9.84. The van der Waals surface area contributed by atoms with Crippen molar-refractivity contribution in [2.75, 3.05) is 37.7 Å². The number of hydrogen-bond acceptors (Lipinski definition) is 4. The maximum absolute atomic E-state index is 13.7. The minimum atomic E-state index is -0.665. The Labute approximate surface area is 216 Å². The predicted molar refractivity (Wildman–Crippen MR) is 144 cm³/mol. The fourth-order valence-corrected chi connectivity index (χ4v) is 6.34. The number of nitrogens with zero attached hydrogens (tertiary/aromatic N) is 6. The van der Waals surface area contributed by atoms with Crippen molar-refractivity contribution in [1.29, 1.82) is 0 Å². The molecule has 2 aliphatic heterocycles. The maximum atomic E-state index is 13.7. The molecule has 0 saturated carbocycles. The second-order valence-electron chi connectivity index (χ2n) is 9.72. The van der Waals surface area contributed by atoms with Crippen molar-refractivity contribution in [3.63, 3.8) is 0 Å². The number of hydrogen-bond donors (Lipinski definition) is 0. The molecule has 3 aromatic carbocycles. The molecular formula is C27H29FN6OS. The number of carbonyl (C=O) groups excluding carboxylic acids is 1. The van der Waals surface area contributed by atoms with Crippen LogP contribution in [0.25, 0.3) is 21.2 Å². The summed E-state index contributed by atoms with van der Waals surface area (Å²) >= 11 is 0. The van der Waals surface area contributed by atoms with Gasteiger partial charge in [0.05, 0.1) is 6.67 Å². The van der Waals surface area contributed by atoms with Crippen LogP contribution in [0, 0.1) is 5.82 Å². The highest BCUT2D eigenvalue weighted by Crippen LogP contribution is 2.45. The Hall–Kier alpha value is -3.26. The van der Waals surface area contributed by atoms with Gasteiger partial charge in [0.15, 0.2) is 0 Å². The molecule has 0 radical (unpaired) electrons. The van der Waals surface area contributed by atoms with Gasteiger partial charge in [-0.1, -0.05) is 41.5 Å². The molecule has 3 aromatic rings. The van der Waals surface area contributed by atoms with Crippen LogP contribution in [-0.4, -0.2) is 54.1 Å². The molecule has 2 fully saturated rings. The van der Waals surface area contributed by atoms with Crippen LogP contribution >= 0.6 is 13.5 Å². The Kier molecular flexibility index (Phi) is 6.55. The highest BCUT2D eigenvalue weighted by molar-refractivity contribution is 7.59. The zero-order chi connectivity index (χ0) is 24.0. The van der Waals surface area contributed by atoms with Gasteiger partial charge in [0.2, 0.25) is 5.91 Å². The Morgan fingerprint density at radius 2 is 1.78 bits per heavy atom. The number of piperidine rings is 1. The number of carbonyl (C=O) groups is 1. The van der Waals surface area contributed by atoms with E-state index in [9.17, 15) is 9.18 Å². The van der Waals surface area contributed by atoms with Crippen LogP contribution in [0.5, 0.6) is 0 Å². The van der Waals surface area contributed by atoms with E-state index in [2.05, 4.69) is 56.2 Å². The van der Waals surface area contributed by atoms with Crippen LogP contribution in [0.1, 0.15) is 30.0 Å². The molecule has 0 aromatic heterocycles. The van der Waals surface area contributed by atoms with Crippen molar-refractivity contribution in [2.45, 2.75) is 30.8 Å². The third-order valence-electron chi connectivity index (χ3n) is 8.05. The Morgan fingerprint density at radius 1 is 1.06 bits per heavy atom. The molecule has 7 nitrogen and oxygen atoms in total. The number of rotatable bonds is 5. The normalized spacial score (nSPS) is 20.6. The van der Waals surface area contributed by atoms with E-state index in [0.29, 0.717) is 32.1 Å². The van der Waals surface area contributed by atoms with Gasteiger partial charge >= 0.3 is 0 Å². The minimum Gasteiger partial charge on any atom is -0.339 e. The van der Waals surface area contributed by atoms with Gasteiger partial charge in [-0.25, -0.2) is 4.39 Å². The summed E-state index contributed by atoms with van der Waals surface area (Å²) < 4.78 is 13.6. The molecule has 0 bridgehead atoms. The number of likely N-dealkylation sites (tertiary alicyclic amines) is 1. The van der Waals surface area contributed by atoms with Gasteiger partial charge in [0.25, 0.3) is 0 Å². The monoisotopic (exact) mass is 504 g/mol. The van der Waals surface area contributed by atoms with Crippen molar-refractivity contribution in [2.24, 2.45) is 5.11 Å². The lowest BCUT2D eigenvalue weighted by Gasteiger charge is -2.45. The highest BCUT2D eigenvalue weighted by atomic mass is 32.1. The van der Waals surface area contributed by atoms with Gasteiger partial charge < -0.3 is 9.80 Å².